The van der Waals surface area contributed by atoms with Crippen molar-refractivity contribution >= 4 is 12.0 Å². The third-order valence-corrected chi connectivity index (χ3v) is 3.81. The summed E-state index contributed by atoms with van der Waals surface area (Å²) in [4.78, 5) is 11.8. The smallest absolute Gasteiger partial charge is 0.330 e. The van der Waals surface area contributed by atoms with Crippen LogP contribution < -0.4 is 9.47 Å². The third-order valence-electron chi connectivity index (χ3n) is 3.81. The Morgan fingerprint density at radius 1 is 1.32 bits per heavy atom. The largest absolute Gasteiger partial charge is 0.462 e. The number of carbonyl (C=O) groups excluding carboxylic acids is 1. The summed E-state index contributed by atoms with van der Waals surface area (Å²) >= 11 is 0. The molecule has 1 aromatic carbocycles. The molecule has 0 saturated carbocycles. The monoisotopic (exact) mass is 304 g/mol. The van der Waals surface area contributed by atoms with Crippen molar-refractivity contribution < 1.29 is 19.0 Å². The molecule has 0 saturated heterocycles. The molecular formula is C18H24O4. The van der Waals surface area contributed by atoms with Gasteiger partial charge in [-0.15, -0.1) is 0 Å². The second-order valence-corrected chi connectivity index (χ2v) is 5.49. The second kappa shape index (κ2) is 8.47. The van der Waals surface area contributed by atoms with E-state index in [-0.39, 0.29) is 12.8 Å². The number of rotatable bonds is 8. The molecule has 4 heteroatoms. The van der Waals surface area contributed by atoms with Crippen molar-refractivity contribution in [1.29, 1.82) is 0 Å². The number of esters is 1. The van der Waals surface area contributed by atoms with Gasteiger partial charge in [0.05, 0.1) is 6.61 Å². The fourth-order valence-corrected chi connectivity index (χ4v) is 2.33. The molecule has 22 heavy (non-hydrogen) atoms. The van der Waals surface area contributed by atoms with E-state index in [1.807, 2.05) is 18.2 Å². The van der Waals surface area contributed by atoms with Crippen molar-refractivity contribution in [2.75, 3.05) is 13.4 Å². The van der Waals surface area contributed by atoms with E-state index in [2.05, 4.69) is 13.8 Å². The molecule has 1 heterocycles. The summed E-state index contributed by atoms with van der Waals surface area (Å²) in [5, 5.41) is 0. The van der Waals surface area contributed by atoms with Gasteiger partial charge in [0, 0.05) is 6.08 Å². The molecular weight excluding hydrogens is 280 g/mol. The summed E-state index contributed by atoms with van der Waals surface area (Å²) in [6.45, 7) is 5.06. The van der Waals surface area contributed by atoms with Crippen LogP contribution in [0.15, 0.2) is 24.3 Å². The Morgan fingerprint density at radius 2 is 2.14 bits per heavy atom. The van der Waals surface area contributed by atoms with Crippen LogP contribution in [-0.4, -0.2) is 19.4 Å². The minimum Gasteiger partial charge on any atom is -0.462 e. The number of benzene rings is 1. The lowest BCUT2D eigenvalue weighted by molar-refractivity contribution is -0.139. The first-order valence-corrected chi connectivity index (χ1v) is 7.97. The molecule has 0 amide bonds. The van der Waals surface area contributed by atoms with Gasteiger partial charge in [0.15, 0.2) is 11.5 Å². The van der Waals surface area contributed by atoms with Gasteiger partial charge in [-0.2, -0.15) is 0 Å². The van der Waals surface area contributed by atoms with E-state index < -0.39 is 0 Å². The molecule has 120 valence electrons. The average Bonchev–Trinajstić information content (AvgIpc) is 3.00. The topological polar surface area (TPSA) is 44.8 Å². The van der Waals surface area contributed by atoms with Crippen LogP contribution in [0.25, 0.3) is 6.08 Å². The molecule has 1 unspecified atom stereocenters. The van der Waals surface area contributed by atoms with Gasteiger partial charge in [-0.05, 0) is 36.1 Å². The molecule has 0 radical (unpaired) electrons. The zero-order valence-corrected chi connectivity index (χ0v) is 13.3. The molecule has 0 spiro atoms. The summed E-state index contributed by atoms with van der Waals surface area (Å²) in [6.07, 6.45) is 7.71. The Hall–Kier alpha value is -1.97. The molecule has 0 aliphatic carbocycles. The highest BCUT2D eigenvalue weighted by Gasteiger charge is 2.12. The van der Waals surface area contributed by atoms with Crippen LogP contribution in [0.5, 0.6) is 11.5 Å². The van der Waals surface area contributed by atoms with Crippen LogP contribution in [-0.2, 0) is 9.53 Å². The van der Waals surface area contributed by atoms with Gasteiger partial charge in [-0.3, -0.25) is 0 Å². The molecule has 1 aliphatic rings. The van der Waals surface area contributed by atoms with E-state index in [0.29, 0.717) is 18.3 Å². The van der Waals surface area contributed by atoms with Crippen LogP contribution in [0.4, 0.5) is 0 Å². The van der Waals surface area contributed by atoms with Crippen molar-refractivity contribution in [3.63, 3.8) is 0 Å². The van der Waals surface area contributed by atoms with Gasteiger partial charge in [-0.25, -0.2) is 4.79 Å². The Morgan fingerprint density at radius 3 is 2.91 bits per heavy atom. The van der Waals surface area contributed by atoms with Crippen LogP contribution in [0.2, 0.25) is 0 Å². The normalized spacial score (nSPS) is 14.3. The van der Waals surface area contributed by atoms with E-state index in [4.69, 9.17) is 14.2 Å². The minimum absolute atomic E-state index is 0.251. The lowest BCUT2D eigenvalue weighted by Gasteiger charge is -2.13. The van der Waals surface area contributed by atoms with Gasteiger partial charge in [0.25, 0.3) is 0 Å². The van der Waals surface area contributed by atoms with Gasteiger partial charge in [-0.1, -0.05) is 39.2 Å². The zero-order chi connectivity index (χ0) is 15.8. The summed E-state index contributed by atoms with van der Waals surface area (Å²) in [7, 11) is 0. The highest BCUT2D eigenvalue weighted by Crippen LogP contribution is 2.32. The van der Waals surface area contributed by atoms with Crippen molar-refractivity contribution in [3.8, 4) is 11.5 Å². The van der Waals surface area contributed by atoms with E-state index in [0.717, 1.165) is 24.2 Å². The molecule has 0 bridgehead atoms. The predicted octanol–water partition coefficient (Wildman–Crippen LogP) is 4.19. The van der Waals surface area contributed by atoms with Crippen LogP contribution in [0, 0.1) is 5.92 Å². The quantitative estimate of drug-likeness (QED) is 0.533. The number of hydrogen-bond acceptors (Lipinski definition) is 4. The number of carbonyl (C=O) groups is 1. The number of ether oxygens (including phenoxy) is 3. The summed E-state index contributed by atoms with van der Waals surface area (Å²) in [5.74, 6) is 1.61. The maximum atomic E-state index is 11.8. The average molecular weight is 304 g/mol. The predicted molar refractivity (Wildman–Crippen MR) is 85.9 cm³/mol. The fourth-order valence-electron chi connectivity index (χ4n) is 2.33. The molecule has 1 aliphatic heterocycles. The third kappa shape index (κ3) is 4.79. The van der Waals surface area contributed by atoms with Crippen molar-refractivity contribution in [2.24, 2.45) is 5.92 Å². The molecule has 1 atom stereocenters. The first kappa shape index (κ1) is 16.4. The second-order valence-electron chi connectivity index (χ2n) is 5.49. The molecule has 2 rings (SSSR count). The SMILES string of the molecule is CCCCC(CC)COC(=O)/C=C/c1ccc2c(c1)OCO2. The highest BCUT2D eigenvalue weighted by molar-refractivity contribution is 5.87. The van der Waals surface area contributed by atoms with Crippen molar-refractivity contribution in [1.82, 2.24) is 0 Å². The van der Waals surface area contributed by atoms with Crippen molar-refractivity contribution in [3.05, 3.63) is 29.8 Å². The number of fused-ring (bicyclic) bond motifs is 1. The Bertz CT molecular complexity index is 522. The first-order chi connectivity index (χ1) is 10.7. The number of unbranched alkanes of at least 4 members (excludes halogenated alkanes) is 1. The van der Waals surface area contributed by atoms with Crippen molar-refractivity contribution in [2.45, 2.75) is 39.5 Å². The Balaban J connectivity index is 1.81. The lowest BCUT2D eigenvalue weighted by atomic mass is 10.0. The van der Waals surface area contributed by atoms with Crippen LogP contribution >= 0.6 is 0 Å². The Labute approximate surface area is 132 Å². The van der Waals surface area contributed by atoms with Gasteiger partial charge in [0.1, 0.15) is 0 Å². The van der Waals surface area contributed by atoms with Crippen LogP contribution in [0.1, 0.15) is 45.1 Å². The maximum Gasteiger partial charge on any atom is 0.330 e. The molecule has 0 N–H and O–H groups in total. The first-order valence-electron chi connectivity index (χ1n) is 7.97. The standard InChI is InChI=1S/C18H24O4/c1-3-5-6-14(4-2)12-20-18(19)10-8-15-7-9-16-17(11-15)22-13-21-16/h7-11,14H,3-6,12-13H2,1-2H3/b10-8+. The number of hydrogen-bond donors (Lipinski definition) is 0. The van der Waals surface area contributed by atoms with E-state index in [1.54, 1.807) is 6.08 Å². The minimum atomic E-state index is -0.299. The molecule has 0 aromatic heterocycles. The maximum absolute atomic E-state index is 11.8. The molecule has 0 fully saturated rings. The Kier molecular flexibility index (Phi) is 6.31. The van der Waals surface area contributed by atoms with E-state index in [9.17, 15) is 4.79 Å². The molecule has 1 aromatic rings. The highest BCUT2D eigenvalue weighted by atomic mass is 16.7. The van der Waals surface area contributed by atoms with Gasteiger partial charge < -0.3 is 14.2 Å². The molecule has 4 nitrogen and oxygen atoms in total. The van der Waals surface area contributed by atoms with E-state index in [1.165, 1.54) is 18.9 Å². The van der Waals surface area contributed by atoms with Crippen LogP contribution in [0.3, 0.4) is 0 Å². The zero-order valence-electron chi connectivity index (χ0n) is 13.3. The lowest BCUT2D eigenvalue weighted by Crippen LogP contribution is -2.12. The summed E-state index contributed by atoms with van der Waals surface area (Å²) in [5.41, 5.74) is 0.888. The van der Waals surface area contributed by atoms with Gasteiger partial charge in [0.2, 0.25) is 6.79 Å². The van der Waals surface area contributed by atoms with Gasteiger partial charge >= 0.3 is 5.97 Å². The van der Waals surface area contributed by atoms with E-state index >= 15 is 0 Å². The fraction of sp³-hybridized carbons (Fsp3) is 0.500. The summed E-state index contributed by atoms with van der Waals surface area (Å²) < 4.78 is 15.9. The summed E-state index contributed by atoms with van der Waals surface area (Å²) in [6, 6.07) is 5.57.